The number of methoxy groups -OCH3 is 1. The summed E-state index contributed by atoms with van der Waals surface area (Å²) in [6, 6.07) is 13.9. The van der Waals surface area contributed by atoms with E-state index in [-0.39, 0.29) is 11.4 Å². The standard InChI is InChI=1S/C20H14Cl2N4O3/c1-29-20(28)16-9-12-11-4-2-3-5-14(11)23-17(12)18(24-16)19(27)26-25-15-7-6-10(21)8-13(15)22/h2-9,23,25H,1H3,(H,26,27). The highest BCUT2D eigenvalue weighted by Crippen LogP contribution is 2.28. The molecule has 2 aromatic carbocycles. The molecule has 0 aliphatic carbocycles. The number of ether oxygens (including phenoxy) is 1. The molecule has 2 heterocycles. The van der Waals surface area contributed by atoms with Gasteiger partial charge in [0.2, 0.25) is 0 Å². The molecule has 0 atom stereocenters. The number of nitrogens with one attached hydrogen (secondary N) is 3. The molecule has 0 spiro atoms. The van der Waals surface area contributed by atoms with Crippen molar-refractivity contribution >= 4 is 62.6 Å². The van der Waals surface area contributed by atoms with E-state index in [0.717, 1.165) is 10.9 Å². The molecule has 7 nitrogen and oxygen atoms in total. The van der Waals surface area contributed by atoms with Crippen LogP contribution < -0.4 is 10.9 Å². The maximum atomic E-state index is 12.9. The Morgan fingerprint density at radius 2 is 1.86 bits per heavy atom. The minimum absolute atomic E-state index is 0.0272. The zero-order valence-corrected chi connectivity index (χ0v) is 16.6. The third-order valence-electron chi connectivity index (χ3n) is 4.35. The normalized spacial score (nSPS) is 10.9. The average molecular weight is 429 g/mol. The van der Waals surface area contributed by atoms with Gasteiger partial charge in [-0.25, -0.2) is 9.78 Å². The van der Waals surface area contributed by atoms with E-state index in [9.17, 15) is 9.59 Å². The molecular formula is C20H14Cl2N4O3. The lowest BCUT2D eigenvalue weighted by Gasteiger charge is -2.11. The maximum Gasteiger partial charge on any atom is 0.356 e. The summed E-state index contributed by atoms with van der Waals surface area (Å²) in [6.07, 6.45) is 0. The van der Waals surface area contributed by atoms with E-state index in [1.54, 1.807) is 24.3 Å². The number of benzene rings is 2. The zero-order chi connectivity index (χ0) is 20.5. The molecule has 146 valence electrons. The highest BCUT2D eigenvalue weighted by atomic mass is 35.5. The Labute approximate surface area is 174 Å². The molecule has 9 heteroatoms. The molecule has 4 rings (SSSR count). The number of H-pyrrole nitrogens is 1. The number of rotatable bonds is 4. The minimum atomic E-state index is -0.639. The van der Waals surface area contributed by atoms with Gasteiger partial charge in [0.15, 0.2) is 5.69 Å². The SMILES string of the molecule is COC(=O)c1cc2c([nH]c3ccccc32)c(C(=O)NNc2ccc(Cl)cc2Cl)n1. The van der Waals surface area contributed by atoms with Crippen molar-refractivity contribution < 1.29 is 14.3 Å². The lowest BCUT2D eigenvalue weighted by molar-refractivity contribution is 0.0594. The lowest BCUT2D eigenvalue weighted by Crippen LogP contribution is -2.31. The Morgan fingerprint density at radius 1 is 1.07 bits per heavy atom. The van der Waals surface area contributed by atoms with Crippen molar-refractivity contribution in [3.8, 4) is 0 Å². The van der Waals surface area contributed by atoms with Crippen molar-refractivity contribution in [2.45, 2.75) is 0 Å². The summed E-state index contributed by atoms with van der Waals surface area (Å²) in [6.45, 7) is 0. The van der Waals surface area contributed by atoms with Gasteiger partial charge in [0, 0.05) is 21.3 Å². The van der Waals surface area contributed by atoms with Gasteiger partial charge in [0.05, 0.1) is 23.3 Å². The van der Waals surface area contributed by atoms with Gasteiger partial charge in [-0.05, 0) is 30.3 Å². The number of hydrazine groups is 1. The molecule has 3 N–H and O–H groups in total. The van der Waals surface area contributed by atoms with Crippen LogP contribution in [0.1, 0.15) is 21.0 Å². The summed E-state index contributed by atoms with van der Waals surface area (Å²) >= 11 is 12.0. The number of carbonyl (C=O) groups is 2. The fraction of sp³-hybridized carbons (Fsp3) is 0.0500. The summed E-state index contributed by atoms with van der Waals surface area (Å²) in [5.74, 6) is -1.20. The molecule has 4 aromatic rings. The van der Waals surface area contributed by atoms with E-state index in [1.165, 1.54) is 7.11 Å². The van der Waals surface area contributed by atoms with E-state index in [1.807, 2.05) is 24.3 Å². The van der Waals surface area contributed by atoms with Crippen molar-refractivity contribution in [2.24, 2.45) is 0 Å². The van der Waals surface area contributed by atoms with Gasteiger partial charge in [-0.15, -0.1) is 0 Å². The topological polar surface area (TPSA) is 96.1 Å². The van der Waals surface area contributed by atoms with Crippen LogP contribution >= 0.6 is 23.2 Å². The zero-order valence-electron chi connectivity index (χ0n) is 15.0. The molecule has 29 heavy (non-hydrogen) atoms. The van der Waals surface area contributed by atoms with E-state index in [2.05, 4.69) is 20.8 Å². The van der Waals surface area contributed by atoms with Crippen LogP contribution in [-0.4, -0.2) is 29.0 Å². The van der Waals surface area contributed by atoms with Crippen LogP contribution in [0.25, 0.3) is 21.8 Å². The van der Waals surface area contributed by atoms with Crippen LogP contribution in [-0.2, 0) is 4.74 Å². The summed E-state index contributed by atoms with van der Waals surface area (Å²) < 4.78 is 4.78. The molecule has 0 unspecified atom stereocenters. The Bertz CT molecular complexity index is 1270. The van der Waals surface area contributed by atoms with Crippen LogP contribution in [0.3, 0.4) is 0 Å². The number of halogens is 2. The number of esters is 1. The first kappa shape index (κ1) is 19.0. The quantitative estimate of drug-likeness (QED) is 0.326. The molecule has 0 saturated heterocycles. The number of aromatic amines is 1. The fourth-order valence-corrected chi connectivity index (χ4v) is 3.45. The van der Waals surface area contributed by atoms with Crippen molar-refractivity contribution in [2.75, 3.05) is 12.5 Å². The summed E-state index contributed by atoms with van der Waals surface area (Å²) in [7, 11) is 1.26. The van der Waals surface area contributed by atoms with E-state index in [0.29, 0.717) is 26.6 Å². The van der Waals surface area contributed by atoms with Crippen LogP contribution in [0.5, 0.6) is 0 Å². The molecule has 1 amide bonds. The summed E-state index contributed by atoms with van der Waals surface area (Å²) in [4.78, 5) is 32.3. The number of aromatic nitrogens is 2. The van der Waals surface area contributed by atoms with Crippen molar-refractivity contribution in [3.05, 3.63) is 70.0 Å². The molecule has 0 aliphatic heterocycles. The Morgan fingerprint density at radius 3 is 2.62 bits per heavy atom. The number of hydrogen-bond acceptors (Lipinski definition) is 5. The van der Waals surface area contributed by atoms with E-state index >= 15 is 0 Å². The largest absolute Gasteiger partial charge is 0.464 e. The first-order valence-electron chi connectivity index (χ1n) is 8.49. The fourth-order valence-electron chi connectivity index (χ4n) is 2.99. The summed E-state index contributed by atoms with van der Waals surface area (Å²) in [5.41, 5.74) is 7.12. The predicted octanol–water partition coefficient (Wildman–Crippen LogP) is 4.57. The molecular weight excluding hydrogens is 415 g/mol. The van der Waals surface area contributed by atoms with Crippen molar-refractivity contribution in [3.63, 3.8) is 0 Å². The van der Waals surface area contributed by atoms with Crippen LogP contribution in [0.4, 0.5) is 5.69 Å². The smallest absolute Gasteiger partial charge is 0.356 e. The maximum absolute atomic E-state index is 12.9. The van der Waals surface area contributed by atoms with Crippen molar-refractivity contribution in [1.29, 1.82) is 0 Å². The van der Waals surface area contributed by atoms with Gasteiger partial charge in [-0.1, -0.05) is 41.4 Å². The second-order valence-corrected chi connectivity index (χ2v) is 6.99. The number of pyridine rings is 1. The Balaban J connectivity index is 1.76. The summed E-state index contributed by atoms with van der Waals surface area (Å²) in [5, 5.41) is 2.35. The number of nitrogens with zero attached hydrogens (tertiary/aromatic N) is 1. The third kappa shape index (κ3) is 3.57. The first-order valence-corrected chi connectivity index (χ1v) is 9.24. The number of anilines is 1. The molecule has 0 fully saturated rings. The highest BCUT2D eigenvalue weighted by Gasteiger charge is 2.20. The second-order valence-electron chi connectivity index (χ2n) is 6.14. The predicted molar refractivity (Wildman–Crippen MR) is 112 cm³/mol. The van der Waals surface area contributed by atoms with Gasteiger partial charge < -0.3 is 9.72 Å². The number of carbonyl (C=O) groups excluding carboxylic acids is 2. The number of para-hydroxylation sites is 1. The van der Waals surface area contributed by atoms with Crippen molar-refractivity contribution in [1.82, 2.24) is 15.4 Å². The second kappa shape index (κ2) is 7.62. The number of amides is 1. The monoisotopic (exact) mass is 428 g/mol. The first-order chi connectivity index (χ1) is 14.0. The van der Waals surface area contributed by atoms with Crippen LogP contribution in [0.15, 0.2) is 48.5 Å². The van der Waals surface area contributed by atoms with Gasteiger partial charge in [-0.2, -0.15) is 0 Å². The Hall–Kier alpha value is -3.29. The van der Waals surface area contributed by atoms with Gasteiger partial charge in [0.25, 0.3) is 5.91 Å². The highest BCUT2D eigenvalue weighted by molar-refractivity contribution is 6.36. The van der Waals surface area contributed by atoms with Crippen LogP contribution in [0.2, 0.25) is 10.0 Å². The molecule has 0 radical (unpaired) electrons. The van der Waals surface area contributed by atoms with Gasteiger partial charge in [-0.3, -0.25) is 15.6 Å². The molecule has 0 bridgehead atoms. The van der Waals surface area contributed by atoms with Gasteiger partial charge in [0.1, 0.15) is 5.69 Å². The minimum Gasteiger partial charge on any atom is -0.464 e. The molecule has 0 aliphatic rings. The Kier molecular flexibility index (Phi) is 5.00. The number of fused-ring (bicyclic) bond motifs is 3. The average Bonchev–Trinajstić information content (AvgIpc) is 3.10. The van der Waals surface area contributed by atoms with E-state index in [4.69, 9.17) is 27.9 Å². The lowest BCUT2D eigenvalue weighted by atomic mass is 10.1. The third-order valence-corrected chi connectivity index (χ3v) is 4.90. The van der Waals surface area contributed by atoms with Gasteiger partial charge >= 0.3 is 5.97 Å². The molecule has 2 aromatic heterocycles. The molecule has 0 saturated carbocycles. The van der Waals surface area contributed by atoms with E-state index < -0.39 is 11.9 Å². The number of hydrogen-bond donors (Lipinski definition) is 3. The van der Waals surface area contributed by atoms with Crippen LogP contribution in [0, 0.1) is 0 Å².